The van der Waals surface area contributed by atoms with Crippen LogP contribution in [0.4, 0.5) is 5.69 Å². The van der Waals surface area contributed by atoms with Gasteiger partial charge in [-0.15, -0.1) is 0 Å². The Bertz CT molecular complexity index is 524. The lowest BCUT2D eigenvalue weighted by atomic mass is 9.74. The number of carboxylic acids is 1. The van der Waals surface area contributed by atoms with E-state index in [1.165, 1.54) is 0 Å². The molecule has 0 atom stereocenters. The summed E-state index contributed by atoms with van der Waals surface area (Å²) in [6.45, 7) is 6.85. The Hall–Kier alpha value is -1.40. The normalized spacial score (nSPS) is 12.0. The minimum absolute atomic E-state index is 0.0414. The highest BCUT2D eigenvalue weighted by molar-refractivity contribution is 9.10. The zero-order valence-corrected chi connectivity index (χ0v) is 14.2. The maximum Gasteiger partial charge on any atom is 0.310 e. The minimum Gasteiger partial charge on any atom is -0.481 e. The first-order chi connectivity index (χ1) is 9.56. The molecule has 3 N–H and O–H groups in total. The predicted octanol–water partition coefficient (Wildman–Crippen LogP) is 2.87. The molecular formula is C15H21BrN2O3. The van der Waals surface area contributed by atoms with Crippen molar-refractivity contribution in [2.75, 3.05) is 11.9 Å². The zero-order valence-electron chi connectivity index (χ0n) is 12.7. The second-order valence-electron chi connectivity index (χ2n) is 5.96. The maximum atomic E-state index is 11.9. The fourth-order valence-corrected chi connectivity index (χ4v) is 1.79. The monoisotopic (exact) mass is 356 g/mol. The first kappa shape index (κ1) is 17.7. The predicted molar refractivity (Wildman–Crippen MR) is 86.3 cm³/mol. The second kappa shape index (κ2) is 6.58. The van der Waals surface area contributed by atoms with Crippen LogP contribution in [-0.2, 0) is 9.59 Å². The van der Waals surface area contributed by atoms with E-state index >= 15 is 0 Å². The molecule has 21 heavy (non-hydrogen) atoms. The summed E-state index contributed by atoms with van der Waals surface area (Å²) in [5, 5.41) is 15.0. The van der Waals surface area contributed by atoms with Crippen LogP contribution in [0.15, 0.2) is 28.7 Å². The van der Waals surface area contributed by atoms with Gasteiger partial charge in [-0.1, -0.05) is 15.9 Å². The van der Waals surface area contributed by atoms with Gasteiger partial charge in [0.25, 0.3) is 0 Å². The van der Waals surface area contributed by atoms with E-state index in [4.69, 9.17) is 0 Å². The van der Waals surface area contributed by atoms with E-state index in [2.05, 4.69) is 26.6 Å². The van der Waals surface area contributed by atoms with E-state index in [0.717, 1.165) is 4.47 Å². The fourth-order valence-electron chi connectivity index (χ4n) is 1.53. The zero-order chi connectivity index (χ0) is 16.3. The van der Waals surface area contributed by atoms with Crippen LogP contribution in [0.3, 0.4) is 0 Å². The van der Waals surface area contributed by atoms with Crippen molar-refractivity contribution in [2.24, 2.45) is 5.41 Å². The number of benzene rings is 1. The van der Waals surface area contributed by atoms with Crippen LogP contribution in [0, 0.1) is 5.41 Å². The average molecular weight is 357 g/mol. The number of carboxylic acid groups (broad SMARTS) is 1. The molecule has 0 aromatic heterocycles. The maximum absolute atomic E-state index is 11.9. The summed E-state index contributed by atoms with van der Waals surface area (Å²) < 4.78 is 0.933. The molecule has 0 heterocycles. The molecule has 1 amide bonds. The summed E-state index contributed by atoms with van der Waals surface area (Å²) in [5.74, 6) is -1.13. The Kier molecular flexibility index (Phi) is 5.53. The van der Waals surface area contributed by atoms with Gasteiger partial charge in [-0.2, -0.15) is 0 Å². The van der Waals surface area contributed by atoms with Gasteiger partial charge in [0.2, 0.25) is 5.91 Å². The topological polar surface area (TPSA) is 78.4 Å². The van der Waals surface area contributed by atoms with Crippen LogP contribution in [0.5, 0.6) is 0 Å². The molecule has 0 saturated carbocycles. The average Bonchev–Trinajstić information content (AvgIpc) is 2.39. The smallest absolute Gasteiger partial charge is 0.310 e. The van der Waals surface area contributed by atoms with Crippen molar-refractivity contribution in [1.82, 2.24) is 5.32 Å². The van der Waals surface area contributed by atoms with Crippen molar-refractivity contribution in [1.29, 1.82) is 0 Å². The SMILES string of the molecule is CC(C)(NCC(=O)Nc1ccc(Br)cc1)C(C)(C)C(=O)O. The van der Waals surface area contributed by atoms with E-state index in [9.17, 15) is 14.7 Å². The molecule has 5 nitrogen and oxygen atoms in total. The molecule has 0 fully saturated rings. The first-order valence-corrected chi connectivity index (χ1v) is 7.39. The molecule has 0 bridgehead atoms. The van der Waals surface area contributed by atoms with Crippen molar-refractivity contribution in [3.05, 3.63) is 28.7 Å². The number of amides is 1. The van der Waals surface area contributed by atoms with Crippen molar-refractivity contribution in [3.63, 3.8) is 0 Å². The third kappa shape index (κ3) is 4.54. The van der Waals surface area contributed by atoms with Gasteiger partial charge >= 0.3 is 5.97 Å². The number of hydrogen-bond donors (Lipinski definition) is 3. The molecule has 0 aliphatic heterocycles. The Morgan fingerprint density at radius 2 is 1.67 bits per heavy atom. The lowest BCUT2D eigenvalue weighted by molar-refractivity contribution is -0.151. The molecule has 0 aliphatic rings. The Balaban J connectivity index is 2.60. The summed E-state index contributed by atoms with van der Waals surface area (Å²) in [7, 11) is 0. The molecule has 0 saturated heterocycles. The fraction of sp³-hybridized carbons (Fsp3) is 0.467. The quantitative estimate of drug-likeness (QED) is 0.732. The molecule has 1 rings (SSSR count). The number of anilines is 1. The summed E-state index contributed by atoms with van der Waals surface area (Å²) in [5.41, 5.74) is -1.03. The standard InChI is InChI=1S/C15H21BrN2O3/c1-14(2,13(20)21)15(3,4)17-9-12(19)18-11-7-5-10(16)6-8-11/h5-8,17H,9H2,1-4H3,(H,18,19)(H,20,21). The highest BCUT2D eigenvalue weighted by Crippen LogP contribution is 2.30. The highest BCUT2D eigenvalue weighted by Gasteiger charge is 2.43. The Labute approximate surface area is 133 Å². The molecule has 1 aromatic rings. The third-order valence-corrected chi connectivity index (χ3v) is 4.44. The molecule has 6 heteroatoms. The van der Waals surface area contributed by atoms with E-state index in [0.29, 0.717) is 5.69 Å². The number of carbonyl (C=O) groups excluding carboxylic acids is 1. The van der Waals surface area contributed by atoms with Gasteiger partial charge in [-0.3, -0.25) is 9.59 Å². The number of halogens is 1. The van der Waals surface area contributed by atoms with Gasteiger partial charge in [0.05, 0.1) is 12.0 Å². The van der Waals surface area contributed by atoms with Gasteiger partial charge in [0.1, 0.15) is 0 Å². The van der Waals surface area contributed by atoms with Crippen LogP contribution in [0.25, 0.3) is 0 Å². The van der Waals surface area contributed by atoms with Crippen LogP contribution >= 0.6 is 15.9 Å². The van der Waals surface area contributed by atoms with E-state index < -0.39 is 16.9 Å². The Morgan fingerprint density at radius 3 is 2.14 bits per heavy atom. The minimum atomic E-state index is -0.995. The van der Waals surface area contributed by atoms with Gasteiger partial charge in [-0.05, 0) is 52.0 Å². The molecule has 116 valence electrons. The van der Waals surface area contributed by atoms with Gasteiger partial charge in [-0.25, -0.2) is 0 Å². The Morgan fingerprint density at radius 1 is 1.14 bits per heavy atom. The molecule has 0 radical (unpaired) electrons. The number of rotatable bonds is 6. The lowest BCUT2D eigenvalue weighted by Gasteiger charge is -2.38. The summed E-state index contributed by atoms with van der Waals surface area (Å²) >= 11 is 3.32. The van der Waals surface area contributed by atoms with Gasteiger partial charge in [0.15, 0.2) is 0 Å². The van der Waals surface area contributed by atoms with E-state index in [1.54, 1.807) is 39.8 Å². The number of carbonyl (C=O) groups is 2. The second-order valence-corrected chi connectivity index (χ2v) is 6.88. The van der Waals surface area contributed by atoms with Gasteiger partial charge < -0.3 is 15.7 Å². The number of aliphatic carboxylic acids is 1. The van der Waals surface area contributed by atoms with Crippen molar-refractivity contribution >= 4 is 33.5 Å². The summed E-state index contributed by atoms with van der Waals surface area (Å²) in [6.07, 6.45) is 0. The molecule has 0 unspecified atom stereocenters. The molecular weight excluding hydrogens is 336 g/mol. The van der Waals surface area contributed by atoms with Crippen LogP contribution in [0.2, 0.25) is 0 Å². The largest absolute Gasteiger partial charge is 0.481 e. The lowest BCUT2D eigenvalue weighted by Crippen LogP contribution is -2.56. The highest BCUT2D eigenvalue weighted by atomic mass is 79.9. The van der Waals surface area contributed by atoms with E-state index in [-0.39, 0.29) is 12.5 Å². The number of nitrogens with one attached hydrogen (secondary N) is 2. The van der Waals surface area contributed by atoms with Gasteiger partial charge in [0, 0.05) is 15.7 Å². The van der Waals surface area contributed by atoms with Crippen LogP contribution in [0.1, 0.15) is 27.7 Å². The summed E-state index contributed by atoms with van der Waals surface area (Å²) in [4.78, 5) is 23.2. The molecule has 0 spiro atoms. The first-order valence-electron chi connectivity index (χ1n) is 6.60. The molecule has 1 aromatic carbocycles. The third-order valence-electron chi connectivity index (χ3n) is 3.92. The molecule has 0 aliphatic carbocycles. The van der Waals surface area contributed by atoms with Crippen LogP contribution < -0.4 is 10.6 Å². The van der Waals surface area contributed by atoms with Crippen LogP contribution in [-0.4, -0.2) is 29.1 Å². The number of hydrogen-bond acceptors (Lipinski definition) is 3. The van der Waals surface area contributed by atoms with Crippen molar-refractivity contribution in [3.8, 4) is 0 Å². The summed E-state index contributed by atoms with van der Waals surface area (Å²) in [6, 6.07) is 7.24. The van der Waals surface area contributed by atoms with E-state index in [1.807, 2.05) is 12.1 Å². The van der Waals surface area contributed by atoms with Crippen molar-refractivity contribution in [2.45, 2.75) is 33.2 Å². The van der Waals surface area contributed by atoms with Crippen molar-refractivity contribution < 1.29 is 14.7 Å².